The highest BCUT2D eigenvalue weighted by Crippen LogP contribution is 2.34. The Hall–Kier alpha value is -2.16. The Kier molecular flexibility index (Phi) is 7.83. The van der Waals surface area contributed by atoms with Crippen LogP contribution in [0.15, 0.2) is 40.9 Å². The number of nitro benzene ring substituents is 1. The molecule has 0 heterocycles. The van der Waals surface area contributed by atoms with Crippen molar-refractivity contribution in [2.24, 2.45) is 0 Å². The molecule has 0 spiro atoms. The first kappa shape index (κ1) is 20.2. The molecule has 0 aromatic heterocycles. The van der Waals surface area contributed by atoms with Crippen molar-refractivity contribution in [1.29, 1.82) is 0 Å². The van der Waals surface area contributed by atoms with Crippen LogP contribution in [0.2, 0.25) is 0 Å². The highest BCUT2D eigenvalue weighted by atomic mass is 79.9. The van der Waals surface area contributed by atoms with E-state index in [-0.39, 0.29) is 18.9 Å². The van der Waals surface area contributed by atoms with Gasteiger partial charge in [-0.3, -0.25) is 10.1 Å². The Bertz CT molecular complexity index is 737. The van der Waals surface area contributed by atoms with E-state index in [0.717, 1.165) is 22.1 Å². The van der Waals surface area contributed by atoms with Crippen molar-refractivity contribution >= 4 is 21.6 Å². The van der Waals surface area contributed by atoms with Gasteiger partial charge in [0.05, 0.1) is 12.0 Å². The largest absolute Gasteiger partial charge is 0.493 e. The van der Waals surface area contributed by atoms with Crippen LogP contribution in [0, 0.1) is 10.1 Å². The predicted molar refractivity (Wildman–Crippen MR) is 102 cm³/mol. The van der Waals surface area contributed by atoms with Crippen molar-refractivity contribution < 1.29 is 19.5 Å². The minimum absolute atomic E-state index is 0.0483. The van der Waals surface area contributed by atoms with Gasteiger partial charge in [0.25, 0.3) is 5.69 Å². The van der Waals surface area contributed by atoms with E-state index >= 15 is 0 Å². The summed E-state index contributed by atoms with van der Waals surface area (Å²) in [5, 5.41) is 22.7. The van der Waals surface area contributed by atoms with Gasteiger partial charge in [-0.2, -0.15) is 0 Å². The molecular formula is C18H21BrN2O5. The number of aliphatic hydroxyl groups excluding tert-OH is 1. The smallest absolute Gasteiger partial charge is 0.269 e. The monoisotopic (exact) mass is 424 g/mol. The number of nitro groups is 1. The van der Waals surface area contributed by atoms with Gasteiger partial charge in [-0.25, -0.2) is 0 Å². The molecule has 0 aliphatic heterocycles. The van der Waals surface area contributed by atoms with Crippen molar-refractivity contribution in [3.05, 3.63) is 62.1 Å². The van der Waals surface area contributed by atoms with Crippen LogP contribution < -0.4 is 14.8 Å². The van der Waals surface area contributed by atoms with Crippen molar-refractivity contribution in [3.8, 4) is 11.5 Å². The van der Waals surface area contributed by atoms with E-state index in [9.17, 15) is 10.1 Å². The third-order valence-corrected chi connectivity index (χ3v) is 4.44. The van der Waals surface area contributed by atoms with Gasteiger partial charge in [-0.15, -0.1) is 0 Å². The molecule has 0 bridgehead atoms. The van der Waals surface area contributed by atoms with Crippen molar-refractivity contribution in [1.82, 2.24) is 5.32 Å². The van der Waals surface area contributed by atoms with E-state index in [0.29, 0.717) is 24.5 Å². The molecule has 2 aromatic carbocycles. The molecule has 0 unspecified atom stereocenters. The molecule has 2 N–H and O–H groups in total. The van der Waals surface area contributed by atoms with Crippen molar-refractivity contribution in [2.75, 3.05) is 20.3 Å². The second-order valence-electron chi connectivity index (χ2n) is 5.56. The maximum absolute atomic E-state index is 10.7. The van der Waals surface area contributed by atoms with Gasteiger partial charge in [0, 0.05) is 29.8 Å². The van der Waals surface area contributed by atoms with Gasteiger partial charge in [0.2, 0.25) is 0 Å². The van der Waals surface area contributed by atoms with Crippen LogP contribution in [0.1, 0.15) is 17.5 Å². The summed E-state index contributed by atoms with van der Waals surface area (Å²) in [6.07, 6.45) is 0.700. The highest BCUT2D eigenvalue weighted by molar-refractivity contribution is 9.10. The zero-order chi connectivity index (χ0) is 18.9. The quantitative estimate of drug-likeness (QED) is 0.344. The Balaban J connectivity index is 2.04. The van der Waals surface area contributed by atoms with Crippen LogP contribution in [-0.2, 0) is 13.2 Å². The number of nitrogens with zero attached hydrogens (tertiary/aromatic N) is 1. The standard InChI is InChI=1S/C18H21BrN2O5/c1-25-17-9-14(11-20-7-2-8-22)16(19)10-18(17)26-12-13-3-5-15(6-4-13)21(23)24/h3-6,9-10,20,22H,2,7-8,11-12H2,1H3. The number of halogens is 1. The molecule has 7 nitrogen and oxygen atoms in total. The fraction of sp³-hybridized carbons (Fsp3) is 0.333. The van der Waals surface area contributed by atoms with Crippen molar-refractivity contribution in [2.45, 2.75) is 19.6 Å². The van der Waals surface area contributed by atoms with E-state index in [1.165, 1.54) is 12.1 Å². The lowest BCUT2D eigenvalue weighted by molar-refractivity contribution is -0.384. The van der Waals surface area contributed by atoms with E-state index in [1.807, 2.05) is 12.1 Å². The van der Waals surface area contributed by atoms with E-state index in [2.05, 4.69) is 21.2 Å². The lowest BCUT2D eigenvalue weighted by atomic mass is 10.2. The molecule has 0 saturated heterocycles. The number of nitrogens with one attached hydrogen (secondary N) is 1. The van der Waals surface area contributed by atoms with Gasteiger partial charge < -0.3 is 19.9 Å². The fourth-order valence-electron chi connectivity index (χ4n) is 2.29. The second kappa shape index (κ2) is 10.1. The molecule has 0 amide bonds. The predicted octanol–water partition coefficient (Wildman–Crippen LogP) is 3.42. The number of ether oxygens (including phenoxy) is 2. The topological polar surface area (TPSA) is 93.9 Å². The second-order valence-corrected chi connectivity index (χ2v) is 6.41. The number of hydrogen-bond acceptors (Lipinski definition) is 6. The molecular weight excluding hydrogens is 404 g/mol. The zero-order valence-electron chi connectivity index (χ0n) is 14.4. The SMILES string of the molecule is COc1cc(CNCCCO)c(Br)cc1OCc1ccc([N+](=O)[O-])cc1. The number of rotatable bonds is 10. The minimum atomic E-state index is -0.432. The van der Waals surface area contributed by atoms with Crippen LogP contribution in [0.25, 0.3) is 0 Å². The maximum atomic E-state index is 10.7. The summed E-state index contributed by atoms with van der Waals surface area (Å²) in [7, 11) is 1.57. The van der Waals surface area contributed by atoms with Gasteiger partial charge >= 0.3 is 0 Å². The summed E-state index contributed by atoms with van der Waals surface area (Å²) < 4.78 is 12.1. The molecule has 2 aromatic rings. The highest BCUT2D eigenvalue weighted by Gasteiger charge is 2.11. The van der Waals surface area contributed by atoms with Crippen LogP contribution >= 0.6 is 15.9 Å². The summed E-state index contributed by atoms with van der Waals surface area (Å²) in [5.41, 5.74) is 1.89. The van der Waals surface area contributed by atoms with Crippen molar-refractivity contribution in [3.63, 3.8) is 0 Å². The average Bonchev–Trinajstić information content (AvgIpc) is 2.65. The average molecular weight is 425 g/mol. The first-order valence-electron chi connectivity index (χ1n) is 8.09. The summed E-state index contributed by atoms with van der Waals surface area (Å²) in [4.78, 5) is 10.3. The Morgan fingerprint density at radius 3 is 2.58 bits per heavy atom. The third-order valence-electron chi connectivity index (χ3n) is 3.70. The van der Waals surface area contributed by atoms with Gasteiger partial charge in [-0.05, 0) is 48.4 Å². The molecule has 2 rings (SSSR count). The summed E-state index contributed by atoms with van der Waals surface area (Å²) >= 11 is 3.53. The lowest BCUT2D eigenvalue weighted by Gasteiger charge is -2.14. The number of methoxy groups -OCH3 is 1. The Morgan fingerprint density at radius 1 is 1.23 bits per heavy atom. The van der Waals surface area contributed by atoms with Crippen LogP contribution in [-0.4, -0.2) is 30.3 Å². The van der Waals surface area contributed by atoms with Gasteiger partial charge in [0.1, 0.15) is 6.61 Å². The van der Waals surface area contributed by atoms with E-state index < -0.39 is 4.92 Å². The molecule has 0 saturated carbocycles. The van der Waals surface area contributed by atoms with Crippen LogP contribution in [0.5, 0.6) is 11.5 Å². The maximum Gasteiger partial charge on any atom is 0.269 e. The van der Waals surface area contributed by atoms with Gasteiger partial charge in [0.15, 0.2) is 11.5 Å². The minimum Gasteiger partial charge on any atom is -0.493 e. The third kappa shape index (κ3) is 5.69. The number of non-ortho nitro benzene ring substituents is 1. The first-order chi connectivity index (χ1) is 12.5. The molecule has 0 fully saturated rings. The molecule has 140 valence electrons. The molecule has 0 atom stereocenters. The lowest BCUT2D eigenvalue weighted by Crippen LogP contribution is -2.16. The molecule has 0 radical (unpaired) electrons. The van der Waals surface area contributed by atoms with Crippen LogP contribution in [0.3, 0.4) is 0 Å². The summed E-state index contributed by atoms with van der Waals surface area (Å²) in [6.45, 7) is 1.80. The molecule has 0 aliphatic rings. The zero-order valence-corrected chi connectivity index (χ0v) is 16.0. The molecule has 8 heteroatoms. The first-order valence-corrected chi connectivity index (χ1v) is 8.88. The Morgan fingerprint density at radius 2 is 1.96 bits per heavy atom. The normalized spacial score (nSPS) is 10.6. The molecule has 26 heavy (non-hydrogen) atoms. The van der Waals surface area contributed by atoms with E-state index in [1.54, 1.807) is 19.2 Å². The summed E-state index contributed by atoms with van der Waals surface area (Å²) in [5.74, 6) is 1.19. The summed E-state index contributed by atoms with van der Waals surface area (Å²) in [6, 6.07) is 9.96. The molecule has 0 aliphatic carbocycles. The van der Waals surface area contributed by atoms with Gasteiger partial charge in [-0.1, -0.05) is 15.9 Å². The number of aliphatic hydroxyl groups is 1. The fourth-order valence-corrected chi connectivity index (χ4v) is 2.75. The number of benzene rings is 2. The van der Waals surface area contributed by atoms with Crippen LogP contribution in [0.4, 0.5) is 5.69 Å². The van der Waals surface area contributed by atoms with E-state index in [4.69, 9.17) is 14.6 Å². The Labute approximate surface area is 160 Å². The number of hydrogen-bond donors (Lipinski definition) is 2.